The zero-order valence-electron chi connectivity index (χ0n) is 13.3. The normalized spacial score (nSPS) is 11.1. The summed E-state index contributed by atoms with van der Waals surface area (Å²) in [5, 5.41) is 2.96. The number of hydrogen-bond acceptors (Lipinski definition) is 2. The van der Waals surface area contributed by atoms with E-state index in [0.717, 1.165) is 38.2 Å². The zero-order valence-corrected chi connectivity index (χ0v) is 13.3. The van der Waals surface area contributed by atoms with Gasteiger partial charge in [0.1, 0.15) is 0 Å². The first-order valence-electron chi connectivity index (χ1n) is 7.66. The predicted octanol–water partition coefficient (Wildman–Crippen LogP) is 3.30. The maximum absolute atomic E-state index is 12.0. The molecule has 1 N–H and O–H groups in total. The molecule has 0 fully saturated rings. The van der Waals surface area contributed by atoms with E-state index in [4.69, 9.17) is 0 Å². The molecule has 0 aromatic heterocycles. The first-order valence-corrected chi connectivity index (χ1v) is 7.66. The van der Waals surface area contributed by atoms with Gasteiger partial charge in [-0.15, -0.1) is 0 Å². The Morgan fingerprint density at radius 1 is 1.15 bits per heavy atom. The lowest BCUT2D eigenvalue weighted by molar-refractivity contribution is 0.0952. The lowest BCUT2D eigenvalue weighted by atomic mass is 10.1. The average Bonchev–Trinajstić information content (AvgIpc) is 2.44. The Bertz CT molecular complexity index is 394. The van der Waals surface area contributed by atoms with Crippen molar-refractivity contribution in [1.82, 2.24) is 10.2 Å². The van der Waals surface area contributed by atoms with Crippen molar-refractivity contribution in [1.29, 1.82) is 0 Å². The summed E-state index contributed by atoms with van der Waals surface area (Å²) in [6, 6.07) is 7.94. The van der Waals surface area contributed by atoms with Gasteiger partial charge >= 0.3 is 0 Å². The molecular formula is C17H28N2O. The molecule has 112 valence electrons. The van der Waals surface area contributed by atoms with E-state index < -0.39 is 0 Å². The molecule has 0 radical (unpaired) electrons. The van der Waals surface area contributed by atoms with Crippen LogP contribution in [-0.2, 0) is 6.54 Å². The third-order valence-corrected chi connectivity index (χ3v) is 3.52. The fourth-order valence-corrected chi connectivity index (χ4v) is 2.04. The minimum absolute atomic E-state index is 0.0278. The summed E-state index contributed by atoms with van der Waals surface area (Å²) in [7, 11) is 0. The molecule has 20 heavy (non-hydrogen) atoms. The van der Waals surface area contributed by atoms with Gasteiger partial charge in [0.15, 0.2) is 0 Å². The molecule has 3 heteroatoms. The lowest BCUT2D eigenvalue weighted by Crippen LogP contribution is -2.25. The number of hydrogen-bond donors (Lipinski definition) is 1. The second kappa shape index (κ2) is 8.75. The monoisotopic (exact) mass is 276 g/mol. The van der Waals surface area contributed by atoms with Gasteiger partial charge in [-0.3, -0.25) is 9.69 Å². The largest absolute Gasteiger partial charge is 0.352 e. The maximum atomic E-state index is 12.0. The van der Waals surface area contributed by atoms with Gasteiger partial charge in [-0.1, -0.05) is 39.8 Å². The van der Waals surface area contributed by atoms with Crippen molar-refractivity contribution in [3.8, 4) is 0 Å². The number of rotatable bonds is 8. The molecular weight excluding hydrogens is 248 g/mol. The molecule has 0 bridgehead atoms. The third-order valence-electron chi connectivity index (χ3n) is 3.52. The third kappa shape index (κ3) is 5.74. The van der Waals surface area contributed by atoms with Crippen LogP contribution in [-0.4, -0.2) is 30.4 Å². The minimum atomic E-state index is 0.0278. The molecule has 1 amide bonds. The van der Waals surface area contributed by atoms with Gasteiger partial charge in [0.2, 0.25) is 0 Å². The highest BCUT2D eigenvalue weighted by molar-refractivity contribution is 5.94. The topological polar surface area (TPSA) is 32.3 Å². The van der Waals surface area contributed by atoms with Gasteiger partial charge in [-0.05, 0) is 43.1 Å². The molecule has 0 heterocycles. The van der Waals surface area contributed by atoms with Gasteiger partial charge in [-0.2, -0.15) is 0 Å². The van der Waals surface area contributed by atoms with Gasteiger partial charge in [0.05, 0.1) is 0 Å². The highest BCUT2D eigenvalue weighted by Gasteiger charge is 2.06. The fraction of sp³-hybridized carbons (Fsp3) is 0.588. The Labute approximate surface area is 123 Å². The van der Waals surface area contributed by atoms with Crippen LogP contribution in [0.2, 0.25) is 0 Å². The van der Waals surface area contributed by atoms with E-state index in [0.29, 0.717) is 5.92 Å². The van der Waals surface area contributed by atoms with Crippen molar-refractivity contribution < 1.29 is 4.79 Å². The van der Waals surface area contributed by atoms with Crippen molar-refractivity contribution in [2.75, 3.05) is 19.6 Å². The Morgan fingerprint density at radius 2 is 1.75 bits per heavy atom. The molecule has 1 aromatic carbocycles. The van der Waals surface area contributed by atoms with Crippen molar-refractivity contribution in [2.24, 2.45) is 5.92 Å². The highest BCUT2D eigenvalue weighted by Crippen LogP contribution is 2.08. The second-order valence-electron chi connectivity index (χ2n) is 5.60. The van der Waals surface area contributed by atoms with Crippen LogP contribution >= 0.6 is 0 Å². The number of carbonyl (C=O) groups excluding carboxylic acids is 1. The molecule has 0 aliphatic heterocycles. The first kappa shape index (κ1) is 16.7. The number of benzene rings is 1. The van der Waals surface area contributed by atoms with E-state index >= 15 is 0 Å². The summed E-state index contributed by atoms with van der Waals surface area (Å²) < 4.78 is 0. The van der Waals surface area contributed by atoms with E-state index in [1.165, 1.54) is 5.56 Å². The van der Waals surface area contributed by atoms with Gasteiger partial charge in [-0.25, -0.2) is 0 Å². The average molecular weight is 276 g/mol. The molecule has 0 aliphatic carbocycles. The summed E-state index contributed by atoms with van der Waals surface area (Å²) in [5.74, 6) is 0.645. The number of amides is 1. The lowest BCUT2D eigenvalue weighted by Gasteiger charge is -2.18. The van der Waals surface area contributed by atoms with Crippen LogP contribution in [0.1, 0.15) is 50.0 Å². The quantitative estimate of drug-likeness (QED) is 0.790. The van der Waals surface area contributed by atoms with E-state index in [-0.39, 0.29) is 5.91 Å². The van der Waals surface area contributed by atoms with Crippen LogP contribution in [0.4, 0.5) is 0 Å². The van der Waals surface area contributed by atoms with Crippen molar-refractivity contribution in [2.45, 2.75) is 40.7 Å². The SMILES string of the molecule is CCN(CC)Cc1ccc(C(=O)NCCC(C)C)cc1. The Kier molecular flexibility index (Phi) is 7.31. The Balaban J connectivity index is 2.51. The predicted molar refractivity (Wildman–Crippen MR) is 84.9 cm³/mol. The first-order chi connectivity index (χ1) is 9.56. The highest BCUT2D eigenvalue weighted by atomic mass is 16.1. The minimum Gasteiger partial charge on any atom is -0.352 e. The Hall–Kier alpha value is -1.35. The summed E-state index contributed by atoms with van der Waals surface area (Å²) in [6.07, 6.45) is 1.02. The van der Waals surface area contributed by atoms with Crippen LogP contribution in [0.15, 0.2) is 24.3 Å². The van der Waals surface area contributed by atoms with E-state index in [1.54, 1.807) is 0 Å². The van der Waals surface area contributed by atoms with Crippen LogP contribution in [0.5, 0.6) is 0 Å². The zero-order chi connectivity index (χ0) is 15.0. The van der Waals surface area contributed by atoms with Crippen LogP contribution in [0, 0.1) is 5.92 Å². The summed E-state index contributed by atoms with van der Waals surface area (Å²) in [6.45, 7) is 12.4. The molecule has 3 nitrogen and oxygen atoms in total. The summed E-state index contributed by atoms with van der Waals surface area (Å²) >= 11 is 0. The standard InChI is InChI=1S/C17H28N2O/c1-5-19(6-2)13-15-7-9-16(10-8-15)17(20)18-12-11-14(3)4/h7-10,14H,5-6,11-13H2,1-4H3,(H,18,20). The molecule has 0 unspecified atom stereocenters. The molecule has 0 atom stereocenters. The Morgan fingerprint density at radius 3 is 2.25 bits per heavy atom. The van der Waals surface area contributed by atoms with Crippen molar-refractivity contribution in [3.63, 3.8) is 0 Å². The van der Waals surface area contributed by atoms with Crippen molar-refractivity contribution >= 4 is 5.91 Å². The van der Waals surface area contributed by atoms with E-state index in [2.05, 4.69) is 50.0 Å². The van der Waals surface area contributed by atoms with Crippen LogP contribution in [0.25, 0.3) is 0 Å². The molecule has 1 aromatic rings. The molecule has 0 saturated heterocycles. The van der Waals surface area contributed by atoms with Gasteiger partial charge in [0.25, 0.3) is 5.91 Å². The molecule has 0 spiro atoms. The number of nitrogens with zero attached hydrogens (tertiary/aromatic N) is 1. The van der Waals surface area contributed by atoms with Crippen molar-refractivity contribution in [3.05, 3.63) is 35.4 Å². The van der Waals surface area contributed by atoms with E-state index in [9.17, 15) is 4.79 Å². The fourth-order valence-electron chi connectivity index (χ4n) is 2.04. The number of carbonyl (C=O) groups is 1. The molecule has 0 saturated carbocycles. The van der Waals surface area contributed by atoms with E-state index in [1.807, 2.05) is 12.1 Å². The van der Waals surface area contributed by atoms with Crippen LogP contribution < -0.4 is 5.32 Å². The number of nitrogens with one attached hydrogen (secondary N) is 1. The van der Waals surface area contributed by atoms with Gasteiger partial charge in [0, 0.05) is 18.7 Å². The summed E-state index contributed by atoms with van der Waals surface area (Å²) in [4.78, 5) is 14.3. The van der Waals surface area contributed by atoms with Gasteiger partial charge < -0.3 is 5.32 Å². The molecule has 1 rings (SSSR count). The smallest absolute Gasteiger partial charge is 0.251 e. The second-order valence-corrected chi connectivity index (χ2v) is 5.60. The maximum Gasteiger partial charge on any atom is 0.251 e. The molecule has 0 aliphatic rings. The van der Waals surface area contributed by atoms with Crippen LogP contribution in [0.3, 0.4) is 0 Å². The summed E-state index contributed by atoms with van der Waals surface area (Å²) in [5.41, 5.74) is 2.00.